The number of hydrogen-bond acceptors (Lipinski definition) is 4. The molecule has 0 fully saturated rings. The Morgan fingerprint density at radius 1 is 0.280 bits per heavy atom. The second-order valence-electron chi connectivity index (χ2n) is 12.3. The Morgan fingerprint density at radius 2 is 0.720 bits per heavy atom. The van der Waals surface area contributed by atoms with Crippen molar-refractivity contribution >= 4 is 21.8 Å². The van der Waals surface area contributed by atoms with Gasteiger partial charge in [0.15, 0.2) is 5.82 Å². The van der Waals surface area contributed by atoms with Gasteiger partial charge < -0.3 is 0 Å². The summed E-state index contributed by atoms with van der Waals surface area (Å²) in [6.45, 7) is 0. The molecular weight excluding hydrogens is 609 g/mol. The van der Waals surface area contributed by atoms with Gasteiger partial charge in [0.2, 0.25) is 0 Å². The number of hydrogen-bond donors (Lipinski definition) is 0. The van der Waals surface area contributed by atoms with Gasteiger partial charge in [-0.3, -0.25) is 4.98 Å². The van der Waals surface area contributed by atoms with Crippen molar-refractivity contribution in [1.29, 1.82) is 0 Å². The van der Waals surface area contributed by atoms with E-state index in [1.807, 2.05) is 24.4 Å². The lowest BCUT2D eigenvalue weighted by atomic mass is 10.0. The van der Waals surface area contributed by atoms with Gasteiger partial charge in [0.25, 0.3) is 0 Å². The van der Waals surface area contributed by atoms with Gasteiger partial charge in [0, 0.05) is 39.2 Å². The predicted molar refractivity (Wildman–Crippen MR) is 205 cm³/mol. The van der Waals surface area contributed by atoms with Crippen molar-refractivity contribution < 1.29 is 0 Å². The second kappa shape index (κ2) is 12.7. The van der Waals surface area contributed by atoms with Gasteiger partial charge >= 0.3 is 0 Å². The minimum atomic E-state index is 0.684. The normalized spacial score (nSPS) is 11.2. The number of fused-ring (bicyclic) bond motifs is 3. The summed E-state index contributed by atoms with van der Waals surface area (Å²) < 4.78 is 0. The fourth-order valence-electron chi connectivity index (χ4n) is 6.47. The fourth-order valence-corrected chi connectivity index (χ4v) is 6.47. The summed E-state index contributed by atoms with van der Waals surface area (Å²) in [5, 5.41) is 2.16. The van der Waals surface area contributed by atoms with Crippen LogP contribution in [-0.4, -0.2) is 19.9 Å². The van der Waals surface area contributed by atoms with Crippen molar-refractivity contribution in [1.82, 2.24) is 19.9 Å². The third kappa shape index (κ3) is 5.69. The lowest BCUT2D eigenvalue weighted by molar-refractivity contribution is 1.18. The van der Waals surface area contributed by atoms with Crippen LogP contribution in [0.15, 0.2) is 182 Å². The Hall–Kier alpha value is -6.78. The summed E-state index contributed by atoms with van der Waals surface area (Å²) in [4.78, 5) is 19.9. The largest absolute Gasteiger partial charge is 0.254 e. The number of benzene rings is 6. The molecule has 50 heavy (non-hydrogen) atoms. The maximum atomic E-state index is 5.11. The Kier molecular flexibility index (Phi) is 7.45. The number of aromatic nitrogens is 4. The van der Waals surface area contributed by atoms with Crippen molar-refractivity contribution in [3.63, 3.8) is 0 Å². The molecule has 0 amide bonds. The van der Waals surface area contributed by atoms with Crippen molar-refractivity contribution in [2.75, 3.05) is 0 Å². The summed E-state index contributed by atoms with van der Waals surface area (Å²) in [6.07, 6.45) is 1.82. The van der Waals surface area contributed by atoms with Crippen molar-refractivity contribution in [3.05, 3.63) is 182 Å². The van der Waals surface area contributed by atoms with E-state index >= 15 is 0 Å². The zero-order valence-corrected chi connectivity index (χ0v) is 27.1. The van der Waals surface area contributed by atoms with Crippen LogP contribution < -0.4 is 0 Å². The maximum absolute atomic E-state index is 5.11. The summed E-state index contributed by atoms with van der Waals surface area (Å²) in [7, 11) is 0. The smallest absolute Gasteiger partial charge is 0.160 e. The van der Waals surface area contributed by atoms with E-state index in [-0.39, 0.29) is 0 Å². The molecule has 0 atom stereocenters. The van der Waals surface area contributed by atoms with Crippen molar-refractivity contribution in [3.8, 4) is 67.4 Å². The van der Waals surface area contributed by atoms with Crippen LogP contribution in [0, 0.1) is 0 Å². The van der Waals surface area contributed by atoms with E-state index in [2.05, 4.69) is 163 Å². The maximum Gasteiger partial charge on any atom is 0.160 e. The number of rotatable bonds is 6. The Bertz CT molecular complexity index is 2500. The molecule has 0 unspecified atom stereocenters. The van der Waals surface area contributed by atoms with E-state index in [9.17, 15) is 0 Å². The molecule has 9 rings (SSSR count). The van der Waals surface area contributed by atoms with E-state index in [1.54, 1.807) is 0 Å². The minimum absolute atomic E-state index is 0.684. The average molecular weight is 639 g/mol. The fraction of sp³-hybridized carbons (Fsp3) is 0. The van der Waals surface area contributed by atoms with Gasteiger partial charge in [-0.25, -0.2) is 15.0 Å². The SMILES string of the molecule is c1ccc(-c2ccc(-c3cc(-c4ccc(-c5ccc6ccc7cccnc7c6n5)cc4)nc(-c4ccc(-c5ccccc5)cc4)n3)cc2)cc1. The van der Waals surface area contributed by atoms with Gasteiger partial charge in [-0.1, -0.05) is 158 Å². The van der Waals surface area contributed by atoms with Gasteiger partial charge in [0.1, 0.15) is 0 Å². The lowest BCUT2D eigenvalue weighted by Gasteiger charge is -2.11. The van der Waals surface area contributed by atoms with Crippen LogP contribution in [-0.2, 0) is 0 Å². The molecule has 0 bridgehead atoms. The topological polar surface area (TPSA) is 51.6 Å². The highest BCUT2D eigenvalue weighted by Crippen LogP contribution is 2.32. The highest BCUT2D eigenvalue weighted by atomic mass is 14.9. The molecule has 0 aliphatic carbocycles. The van der Waals surface area contributed by atoms with E-state index in [4.69, 9.17) is 15.0 Å². The minimum Gasteiger partial charge on any atom is -0.254 e. The zero-order chi connectivity index (χ0) is 33.3. The van der Waals surface area contributed by atoms with E-state index in [0.717, 1.165) is 66.7 Å². The first-order valence-corrected chi connectivity index (χ1v) is 16.7. The molecule has 234 valence electrons. The third-order valence-corrected chi connectivity index (χ3v) is 9.17. The van der Waals surface area contributed by atoms with Crippen molar-refractivity contribution in [2.45, 2.75) is 0 Å². The molecule has 3 aromatic heterocycles. The molecule has 4 nitrogen and oxygen atoms in total. The van der Waals surface area contributed by atoms with Crippen LogP contribution in [0.2, 0.25) is 0 Å². The quantitative estimate of drug-likeness (QED) is 0.170. The third-order valence-electron chi connectivity index (χ3n) is 9.17. The van der Waals surface area contributed by atoms with Gasteiger partial charge in [0.05, 0.1) is 28.1 Å². The molecule has 0 saturated heterocycles. The molecule has 6 aromatic carbocycles. The molecule has 0 radical (unpaired) electrons. The molecule has 4 heteroatoms. The Morgan fingerprint density at radius 3 is 1.28 bits per heavy atom. The van der Waals surface area contributed by atoms with E-state index < -0.39 is 0 Å². The first-order chi connectivity index (χ1) is 24.7. The van der Waals surface area contributed by atoms with Gasteiger partial charge in [-0.2, -0.15) is 0 Å². The first-order valence-electron chi connectivity index (χ1n) is 16.7. The first kappa shape index (κ1) is 29.4. The van der Waals surface area contributed by atoms with Gasteiger partial charge in [-0.15, -0.1) is 0 Å². The Labute approximate surface area is 290 Å². The second-order valence-corrected chi connectivity index (χ2v) is 12.3. The van der Waals surface area contributed by atoms with Crippen LogP contribution in [0.5, 0.6) is 0 Å². The zero-order valence-electron chi connectivity index (χ0n) is 27.1. The Balaban J connectivity index is 1.10. The molecule has 0 spiro atoms. The summed E-state index contributed by atoms with van der Waals surface area (Å²) in [5.41, 5.74) is 13.2. The molecule has 3 heterocycles. The standard InChI is InChI=1S/C46H30N4/c1-3-8-31(9-4-1)33-13-17-36(18-14-33)42-30-43(50-46(49-42)40-25-15-34(16-26-40)32-10-5-2-6-11-32)37-21-19-35(20-22-37)41-28-27-39-24-23-38-12-7-29-47-44(38)45(39)48-41/h1-30H. The van der Waals surface area contributed by atoms with Crippen LogP contribution in [0.1, 0.15) is 0 Å². The van der Waals surface area contributed by atoms with Crippen LogP contribution in [0.4, 0.5) is 0 Å². The highest BCUT2D eigenvalue weighted by molar-refractivity contribution is 6.03. The van der Waals surface area contributed by atoms with Crippen LogP contribution >= 0.6 is 0 Å². The summed E-state index contributed by atoms with van der Waals surface area (Å²) in [5.74, 6) is 0.684. The van der Waals surface area contributed by atoms with E-state index in [1.165, 1.54) is 16.7 Å². The molecule has 0 saturated carbocycles. The van der Waals surface area contributed by atoms with Crippen LogP contribution in [0.25, 0.3) is 89.2 Å². The summed E-state index contributed by atoms with van der Waals surface area (Å²) >= 11 is 0. The number of nitrogens with zero attached hydrogens (tertiary/aromatic N) is 4. The molecule has 0 aliphatic heterocycles. The lowest BCUT2D eigenvalue weighted by Crippen LogP contribution is -1.96. The molecular formula is C46H30N4. The molecule has 0 aliphatic rings. The average Bonchev–Trinajstić information content (AvgIpc) is 3.21. The highest BCUT2D eigenvalue weighted by Gasteiger charge is 2.13. The molecule has 0 N–H and O–H groups in total. The molecule has 9 aromatic rings. The summed E-state index contributed by atoms with van der Waals surface area (Å²) in [6, 6.07) is 60.9. The van der Waals surface area contributed by atoms with Crippen molar-refractivity contribution in [2.24, 2.45) is 0 Å². The number of pyridine rings is 2. The predicted octanol–water partition coefficient (Wildman–Crippen LogP) is 11.6. The van der Waals surface area contributed by atoms with Gasteiger partial charge in [-0.05, 0) is 40.5 Å². The monoisotopic (exact) mass is 638 g/mol. The van der Waals surface area contributed by atoms with Crippen LogP contribution in [0.3, 0.4) is 0 Å². The van der Waals surface area contributed by atoms with E-state index in [0.29, 0.717) is 5.82 Å².